The number of hydrogen-bond acceptors (Lipinski definition) is 3. The van der Waals surface area contributed by atoms with E-state index in [-0.39, 0.29) is 17.6 Å². The fraction of sp³-hybridized carbons (Fsp3) is 0.444. The second-order valence-electron chi connectivity index (χ2n) is 6.83. The van der Waals surface area contributed by atoms with Gasteiger partial charge < -0.3 is 15.7 Å². The summed E-state index contributed by atoms with van der Waals surface area (Å²) in [6, 6.07) is 9.46. The first kappa shape index (κ1) is 18.0. The van der Waals surface area contributed by atoms with Crippen LogP contribution >= 0.6 is 0 Å². The number of carbonyl (C=O) groups is 1. The van der Waals surface area contributed by atoms with Crippen LogP contribution in [-0.2, 0) is 6.54 Å². The van der Waals surface area contributed by atoms with Gasteiger partial charge in [0.2, 0.25) is 0 Å². The van der Waals surface area contributed by atoms with E-state index in [2.05, 4.69) is 15.7 Å². The molecule has 0 saturated carbocycles. The molecule has 1 aromatic carbocycles. The maximum Gasteiger partial charge on any atom is 0.315 e. The van der Waals surface area contributed by atoms with Gasteiger partial charge in [-0.15, -0.1) is 0 Å². The highest BCUT2D eigenvalue weighted by Crippen LogP contribution is 2.21. The van der Waals surface area contributed by atoms with Gasteiger partial charge >= 0.3 is 6.03 Å². The third kappa shape index (κ3) is 5.38. The molecule has 0 aliphatic carbocycles. The van der Waals surface area contributed by atoms with Gasteiger partial charge in [0.1, 0.15) is 0 Å². The van der Waals surface area contributed by atoms with E-state index in [0.29, 0.717) is 19.5 Å². The van der Waals surface area contributed by atoms with Gasteiger partial charge in [-0.1, -0.05) is 32.0 Å². The summed E-state index contributed by atoms with van der Waals surface area (Å²) in [5.74, 6) is 0. The number of rotatable bonds is 7. The maximum atomic E-state index is 12.0. The van der Waals surface area contributed by atoms with Crippen LogP contribution in [0.2, 0.25) is 0 Å². The maximum absolute atomic E-state index is 12.0. The Morgan fingerprint density at radius 2 is 2.04 bits per heavy atom. The SMILES string of the molecule is CC(O)CC(C)(C)CNC(=O)NCc1ccccc1-n1cccn1. The van der Waals surface area contributed by atoms with Crippen molar-refractivity contribution < 1.29 is 9.90 Å². The summed E-state index contributed by atoms with van der Waals surface area (Å²) in [6.07, 6.45) is 3.85. The molecule has 130 valence electrons. The van der Waals surface area contributed by atoms with E-state index < -0.39 is 0 Å². The molecule has 6 heteroatoms. The molecule has 0 spiro atoms. The molecule has 3 N–H and O–H groups in total. The van der Waals surface area contributed by atoms with Gasteiger partial charge in [0.25, 0.3) is 0 Å². The van der Waals surface area contributed by atoms with Gasteiger partial charge in [-0.2, -0.15) is 5.10 Å². The molecule has 0 bridgehead atoms. The first-order valence-electron chi connectivity index (χ1n) is 8.15. The highest BCUT2D eigenvalue weighted by molar-refractivity contribution is 5.74. The number of hydrogen-bond donors (Lipinski definition) is 3. The highest BCUT2D eigenvalue weighted by Gasteiger charge is 2.21. The zero-order valence-electron chi connectivity index (χ0n) is 14.5. The molecule has 24 heavy (non-hydrogen) atoms. The van der Waals surface area contributed by atoms with Crippen molar-refractivity contribution in [1.29, 1.82) is 0 Å². The number of carbonyl (C=O) groups excluding carboxylic acids is 1. The average Bonchev–Trinajstić information content (AvgIpc) is 3.04. The van der Waals surface area contributed by atoms with Crippen LogP contribution in [0.1, 0.15) is 32.8 Å². The van der Waals surface area contributed by atoms with Crippen molar-refractivity contribution >= 4 is 6.03 Å². The van der Waals surface area contributed by atoms with Crippen LogP contribution in [-0.4, -0.2) is 33.6 Å². The van der Waals surface area contributed by atoms with Gasteiger partial charge in [0.15, 0.2) is 0 Å². The molecule has 1 unspecified atom stereocenters. The average molecular weight is 330 g/mol. The lowest BCUT2D eigenvalue weighted by molar-refractivity contribution is 0.129. The summed E-state index contributed by atoms with van der Waals surface area (Å²) >= 11 is 0. The van der Waals surface area contributed by atoms with E-state index in [1.54, 1.807) is 17.8 Å². The number of urea groups is 1. The second kappa shape index (κ2) is 7.97. The number of aliphatic hydroxyl groups excluding tert-OH is 1. The second-order valence-corrected chi connectivity index (χ2v) is 6.83. The number of aromatic nitrogens is 2. The van der Waals surface area contributed by atoms with Gasteiger partial charge in [-0.25, -0.2) is 9.48 Å². The molecule has 0 aliphatic rings. The molecule has 2 rings (SSSR count). The molecule has 0 saturated heterocycles. The monoisotopic (exact) mass is 330 g/mol. The van der Waals surface area contributed by atoms with E-state index in [1.165, 1.54) is 0 Å². The van der Waals surface area contributed by atoms with E-state index in [0.717, 1.165) is 11.3 Å². The van der Waals surface area contributed by atoms with Crippen molar-refractivity contribution in [3.05, 3.63) is 48.3 Å². The number of para-hydroxylation sites is 1. The summed E-state index contributed by atoms with van der Waals surface area (Å²) < 4.78 is 1.78. The van der Waals surface area contributed by atoms with Crippen LogP contribution in [0.25, 0.3) is 5.69 Å². The van der Waals surface area contributed by atoms with Gasteiger partial charge in [-0.05, 0) is 36.5 Å². The Morgan fingerprint density at radius 3 is 2.71 bits per heavy atom. The minimum atomic E-state index is -0.384. The predicted octanol–water partition coefficient (Wildman–Crippen LogP) is 2.47. The van der Waals surface area contributed by atoms with Crippen LogP contribution < -0.4 is 10.6 Å². The van der Waals surface area contributed by atoms with E-state index in [9.17, 15) is 9.90 Å². The number of nitrogens with zero attached hydrogens (tertiary/aromatic N) is 2. The smallest absolute Gasteiger partial charge is 0.315 e. The Bertz CT molecular complexity index is 651. The topological polar surface area (TPSA) is 79.2 Å². The molecule has 6 nitrogen and oxygen atoms in total. The van der Waals surface area contributed by atoms with Crippen LogP contribution in [0.4, 0.5) is 4.79 Å². The van der Waals surface area contributed by atoms with Gasteiger partial charge in [0.05, 0.1) is 11.8 Å². The third-order valence-electron chi connectivity index (χ3n) is 3.76. The number of nitrogens with one attached hydrogen (secondary N) is 2. The van der Waals surface area contributed by atoms with Crippen molar-refractivity contribution in [2.45, 2.75) is 39.8 Å². The van der Waals surface area contributed by atoms with Crippen molar-refractivity contribution in [3.8, 4) is 5.69 Å². The van der Waals surface area contributed by atoms with E-state index in [1.807, 2.05) is 50.4 Å². The fourth-order valence-corrected chi connectivity index (χ4v) is 2.72. The molecular formula is C18H26N4O2. The highest BCUT2D eigenvalue weighted by atomic mass is 16.3. The number of amides is 2. The molecule has 1 aromatic heterocycles. The summed E-state index contributed by atoms with van der Waals surface area (Å²) in [7, 11) is 0. The van der Waals surface area contributed by atoms with Crippen molar-refractivity contribution in [1.82, 2.24) is 20.4 Å². The molecule has 2 amide bonds. The zero-order valence-corrected chi connectivity index (χ0v) is 14.5. The fourth-order valence-electron chi connectivity index (χ4n) is 2.72. The largest absolute Gasteiger partial charge is 0.393 e. The molecule has 2 aromatic rings. The minimum absolute atomic E-state index is 0.154. The Hall–Kier alpha value is -2.34. The molecule has 0 fully saturated rings. The standard InChI is InChI=1S/C18H26N4O2/c1-14(23)11-18(2,3)13-20-17(24)19-12-15-7-4-5-8-16(15)22-10-6-9-21-22/h4-10,14,23H,11-13H2,1-3H3,(H2,19,20,24). The quantitative estimate of drug-likeness (QED) is 0.730. The molecule has 1 atom stereocenters. The molecule has 0 radical (unpaired) electrons. The van der Waals surface area contributed by atoms with E-state index in [4.69, 9.17) is 0 Å². The van der Waals surface area contributed by atoms with Crippen molar-refractivity contribution in [2.24, 2.45) is 5.41 Å². The lowest BCUT2D eigenvalue weighted by Crippen LogP contribution is -2.41. The van der Waals surface area contributed by atoms with Crippen molar-refractivity contribution in [2.75, 3.05) is 6.54 Å². The zero-order chi connectivity index (χ0) is 17.6. The summed E-state index contributed by atoms with van der Waals surface area (Å²) in [4.78, 5) is 12.0. The number of aliphatic hydroxyl groups is 1. The number of benzene rings is 1. The third-order valence-corrected chi connectivity index (χ3v) is 3.76. The molecular weight excluding hydrogens is 304 g/mol. The molecule has 0 aliphatic heterocycles. The van der Waals surface area contributed by atoms with Crippen LogP contribution in [0.3, 0.4) is 0 Å². The first-order valence-corrected chi connectivity index (χ1v) is 8.15. The minimum Gasteiger partial charge on any atom is -0.393 e. The van der Waals surface area contributed by atoms with Crippen LogP contribution in [0.5, 0.6) is 0 Å². The van der Waals surface area contributed by atoms with Crippen molar-refractivity contribution in [3.63, 3.8) is 0 Å². The lowest BCUT2D eigenvalue weighted by Gasteiger charge is -2.26. The van der Waals surface area contributed by atoms with Crippen LogP contribution in [0, 0.1) is 5.41 Å². The van der Waals surface area contributed by atoms with Crippen LogP contribution in [0.15, 0.2) is 42.7 Å². The van der Waals surface area contributed by atoms with E-state index >= 15 is 0 Å². The van der Waals surface area contributed by atoms with Gasteiger partial charge in [-0.3, -0.25) is 0 Å². The normalized spacial score (nSPS) is 12.7. The predicted molar refractivity (Wildman–Crippen MR) is 93.9 cm³/mol. The summed E-state index contributed by atoms with van der Waals surface area (Å²) in [5.41, 5.74) is 1.77. The Morgan fingerprint density at radius 1 is 1.29 bits per heavy atom. The Kier molecular flexibility index (Phi) is 5.98. The lowest BCUT2D eigenvalue weighted by atomic mass is 9.87. The van der Waals surface area contributed by atoms with Gasteiger partial charge in [0, 0.05) is 25.5 Å². The summed E-state index contributed by atoms with van der Waals surface area (Å²) in [5, 5.41) is 19.5. The Balaban J connectivity index is 1.89. The molecule has 1 heterocycles. The Labute approximate surface area is 142 Å². The summed E-state index contributed by atoms with van der Waals surface area (Å²) in [6.45, 7) is 6.72. The first-order chi connectivity index (χ1) is 11.4.